The average molecular weight is 383 g/mol. The van der Waals surface area contributed by atoms with E-state index in [0.29, 0.717) is 30.2 Å². The number of carbonyl (C=O) groups excluding carboxylic acids is 2. The third-order valence-electron chi connectivity index (χ3n) is 5.02. The van der Waals surface area contributed by atoms with Gasteiger partial charge >= 0.3 is 5.97 Å². The van der Waals surface area contributed by atoms with E-state index in [-0.39, 0.29) is 24.3 Å². The average Bonchev–Trinajstić information content (AvgIpc) is 2.66. The number of fused-ring (bicyclic) bond motifs is 1. The molecule has 1 aromatic heterocycles. The van der Waals surface area contributed by atoms with E-state index in [2.05, 4.69) is 16.0 Å². The molecule has 7 nitrogen and oxygen atoms in total. The summed E-state index contributed by atoms with van der Waals surface area (Å²) >= 11 is 0. The molecule has 1 atom stereocenters. The van der Waals surface area contributed by atoms with Crippen LogP contribution in [0.2, 0.25) is 0 Å². The minimum absolute atomic E-state index is 0.0229. The first-order valence-corrected chi connectivity index (χ1v) is 9.46. The number of carbonyl (C=O) groups is 2. The van der Waals surface area contributed by atoms with Crippen LogP contribution in [-0.2, 0) is 33.7 Å². The number of aromatic amines is 1. The van der Waals surface area contributed by atoms with Crippen LogP contribution in [-0.4, -0.2) is 39.4 Å². The smallest absolute Gasteiger partial charge is 0.306 e. The number of benzene rings is 1. The first-order valence-electron chi connectivity index (χ1n) is 9.46. The zero-order valence-electron chi connectivity index (χ0n) is 16.4. The number of nitrogens with one attached hydrogen (secondary N) is 1. The van der Waals surface area contributed by atoms with Crippen molar-refractivity contribution in [3.8, 4) is 0 Å². The quantitative estimate of drug-likeness (QED) is 0.796. The van der Waals surface area contributed by atoms with Gasteiger partial charge in [-0.25, -0.2) is 4.98 Å². The fourth-order valence-electron chi connectivity index (χ4n) is 3.52. The molecular weight excluding hydrogens is 358 g/mol. The van der Waals surface area contributed by atoms with Crippen molar-refractivity contribution in [2.75, 3.05) is 6.54 Å². The Morgan fingerprint density at radius 3 is 2.68 bits per heavy atom. The zero-order chi connectivity index (χ0) is 20.3. The molecule has 0 bridgehead atoms. The lowest BCUT2D eigenvalue weighted by molar-refractivity contribution is -0.159. The van der Waals surface area contributed by atoms with Crippen molar-refractivity contribution in [2.45, 2.75) is 52.7 Å². The summed E-state index contributed by atoms with van der Waals surface area (Å²) in [6, 6.07) is 8.04. The van der Waals surface area contributed by atoms with Crippen molar-refractivity contribution in [3.05, 3.63) is 62.8 Å². The Hall–Kier alpha value is -2.96. The SMILES string of the molecule is Cc1nc(C)c(CCC(=O)OC(C)C(=O)N2CCc3ccccc3C2)c(=O)[nH]1. The molecule has 2 heterocycles. The fraction of sp³-hybridized carbons (Fsp3) is 0.429. The van der Waals surface area contributed by atoms with Gasteiger partial charge in [0.1, 0.15) is 5.82 Å². The summed E-state index contributed by atoms with van der Waals surface area (Å²) in [5.41, 5.74) is 3.21. The van der Waals surface area contributed by atoms with Crippen molar-refractivity contribution >= 4 is 11.9 Å². The lowest BCUT2D eigenvalue weighted by Crippen LogP contribution is -2.42. The van der Waals surface area contributed by atoms with E-state index in [0.717, 1.165) is 12.0 Å². The van der Waals surface area contributed by atoms with Gasteiger partial charge in [0.2, 0.25) is 0 Å². The number of amides is 1. The highest BCUT2D eigenvalue weighted by Gasteiger charge is 2.27. The number of aromatic nitrogens is 2. The molecule has 0 spiro atoms. The second kappa shape index (κ2) is 8.37. The predicted octanol–water partition coefficient (Wildman–Crippen LogP) is 1.84. The van der Waals surface area contributed by atoms with Crippen molar-refractivity contribution in [1.29, 1.82) is 0 Å². The largest absolute Gasteiger partial charge is 0.453 e. The Labute approximate surface area is 163 Å². The van der Waals surface area contributed by atoms with Gasteiger partial charge in [-0.3, -0.25) is 14.4 Å². The third-order valence-corrected chi connectivity index (χ3v) is 5.02. The third kappa shape index (κ3) is 4.47. The van der Waals surface area contributed by atoms with Crippen molar-refractivity contribution in [3.63, 3.8) is 0 Å². The molecule has 1 aliphatic heterocycles. The van der Waals surface area contributed by atoms with Gasteiger partial charge in [-0.1, -0.05) is 24.3 Å². The van der Waals surface area contributed by atoms with Crippen molar-refractivity contribution in [2.24, 2.45) is 0 Å². The summed E-state index contributed by atoms with van der Waals surface area (Å²) in [5, 5.41) is 0. The van der Waals surface area contributed by atoms with Gasteiger partial charge in [0.25, 0.3) is 11.5 Å². The molecule has 0 aliphatic carbocycles. The summed E-state index contributed by atoms with van der Waals surface area (Å²) in [4.78, 5) is 45.4. The van der Waals surface area contributed by atoms with E-state index in [1.165, 1.54) is 5.56 Å². The van der Waals surface area contributed by atoms with Gasteiger partial charge in [-0.2, -0.15) is 0 Å². The van der Waals surface area contributed by atoms with E-state index in [4.69, 9.17) is 4.74 Å². The highest BCUT2D eigenvalue weighted by atomic mass is 16.5. The Morgan fingerprint density at radius 2 is 1.96 bits per heavy atom. The van der Waals surface area contributed by atoms with E-state index >= 15 is 0 Å². The van der Waals surface area contributed by atoms with Gasteiger partial charge in [-0.15, -0.1) is 0 Å². The molecule has 1 N–H and O–H groups in total. The molecule has 1 amide bonds. The van der Waals surface area contributed by atoms with Crippen LogP contribution in [0.5, 0.6) is 0 Å². The Bertz CT molecular complexity index is 951. The van der Waals surface area contributed by atoms with Gasteiger partial charge < -0.3 is 14.6 Å². The maximum absolute atomic E-state index is 12.6. The van der Waals surface area contributed by atoms with E-state index in [9.17, 15) is 14.4 Å². The monoisotopic (exact) mass is 383 g/mol. The van der Waals surface area contributed by atoms with E-state index in [1.54, 1.807) is 25.7 Å². The van der Waals surface area contributed by atoms with Crippen LogP contribution in [0.15, 0.2) is 29.1 Å². The second-order valence-electron chi connectivity index (χ2n) is 7.13. The van der Waals surface area contributed by atoms with E-state index < -0.39 is 12.1 Å². The molecule has 0 radical (unpaired) electrons. The minimum atomic E-state index is -0.853. The molecule has 28 heavy (non-hydrogen) atoms. The normalized spacial score (nSPS) is 14.3. The van der Waals surface area contributed by atoms with Gasteiger partial charge in [-0.05, 0) is 44.7 Å². The van der Waals surface area contributed by atoms with Gasteiger partial charge in [0.05, 0.1) is 0 Å². The van der Waals surface area contributed by atoms with Gasteiger partial charge in [0.15, 0.2) is 6.10 Å². The highest BCUT2D eigenvalue weighted by molar-refractivity contribution is 5.83. The molecule has 7 heteroatoms. The number of nitrogens with zero attached hydrogens (tertiary/aromatic N) is 2. The number of H-pyrrole nitrogens is 1. The molecule has 0 saturated heterocycles. The number of aryl methyl sites for hydroxylation is 2. The zero-order valence-corrected chi connectivity index (χ0v) is 16.4. The molecular formula is C21H25N3O4. The van der Waals surface area contributed by atoms with Crippen molar-refractivity contribution in [1.82, 2.24) is 14.9 Å². The van der Waals surface area contributed by atoms with Gasteiger partial charge in [0, 0.05) is 30.8 Å². The number of hydrogen-bond acceptors (Lipinski definition) is 5. The molecule has 2 aromatic rings. The fourth-order valence-corrected chi connectivity index (χ4v) is 3.52. The maximum Gasteiger partial charge on any atom is 0.306 e. The Morgan fingerprint density at radius 1 is 1.25 bits per heavy atom. The maximum atomic E-state index is 12.6. The Kier molecular flexibility index (Phi) is 5.92. The summed E-state index contributed by atoms with van der Waals surface area (Å²) in [5.74, 6) is -0.164. The lowest BCUT2D eigenvalue weighted by atomic mass is 9.99. The highest BCUT2D eigenvalue weighted by Crippen LogP contribution is 2.19. The lowest BCUT2D eigenvalue weighted by Gasteiger charge is -2.30. The molecule has 1 aromatic carbocycles. The van der Waals surface area contributed by atoms with Crippen LogP contribution in [0.25, 0.3) is 0 Å². The molecule has 3 rings (SSSR count). The summed E-state index contributed by atoms with van der Waals surface area (Å²) < 4.78 is 5.32. The molecule has 1 unspecified atom stereocenters. The minimum Gasteiger partial charge on any atom is -0.453 e. The summed E-state index contributed by atoms with van der Waals surface area (Å²) in [6.45, 7) is 6.18. The molecule has 0 saturated carbocycles. The van der Waals surface area contributed by atoms with E-state index in [1.807, 2.05) is 18.2 Å². The number of ether oxygens (including phenoxy) is 1. The predicted molar refractivity (Wildman–Crippen MR) is 104 cm³/mol. The van der Waals surface area contributed by atoms with Crippen LogP contribution in [0.3, 0.4) is 0 Å². The first kappa shape index (κ1) is 19.8. The summed E-state index contributed by atoms with van der Waals surface area (Å²) in [6.07, 6.45) is 0.194. The molecule has 148 valence electrons. The summed E-state index contributed by atoms with van der Waals surface area (Å²) in [7, 11) is 0. The van der Waals surface area contributed by atoms with Crippen LogP contribution in [0, 0.1) is 13.8 Å². The van der Waals surface area contributed by atoms with Crippen LogP contribution in [0.1, 0.15) is 41.6 Å². The first-order chi connectivity index (χ1) is 13.3. The van der Waals surface area contributed by atoms with Crippen LogP contribution in [0.4, 0.5) is 0 Å². The van der Waals surface area contributed by atoms with Crippen molar-refractivity contribution < 1.29 is 14.3 Å². The number of hydrogen-bond donors (Lipinski definition) is 1. The Balaban J connectivity index is 1.54. The topological polar surface area (TPSA) is 92.4 Å². The molecule has 1 aliphatic rings. The molecule has 0 fully saturated rings. The number of rotatable bonds is 5. The number of esters is 1. The second-order valence-corrected chi connectivity index (χ2v) is 7.13. The standard InChI is InChI=1S/C21H25N3O4/c1-13-18(20(26)23-15(3)22-13)8-9-19(25)28-14(2)21(27)24-11-10-16-6-4-5-7-17(16)12-24/h4-7,14H,8-12H2,1-3H3,(H,22,23,26). The van der Waals surface area contributed by atoms with Crippen LogP contribution < -0.4 is 5.56 Å². The van der Waals surface area contributed by atoms with Crippen LogP contribution >= 0.6 is 0 Å².